The molecule has 5 nitrogen and oxygen atoms in total. The summed E-state index contributed by atoms with van der Waals surface area (Å²) in [5.74, 6) is -1.34. The Bertz CT molecular complexity index is 872. The number of nitrogens with zero attached hydrogens (tertiary/aromatic N) is 2. The van der Waals surface area contributed by atoms with Crippen LogP contribution in [0.4, 0.5) is 4.39 Å². The Hall–Kier alpha value is -2.99. The number of ether oxygens (including phenoxy) is 1. The van der Waals surface area contributed by atoms with Gasteiger partial charge >= 0.3 is 5.97 Å². The van der Waals surface area contributed by atoms with E-state index in [-0.39, 0.29) is 18.1 Å². The maximum absolute atomic E-state index is 13.2. The molecule has 0 aliphatic carbocycles. The standard InChI is InChI=1S/C18H15FN2O3/c1-24-11-21-17(12-6-8-13(19)9-7-12)10-16(20-21)14-4-2-3-5-15(14)18(22)23/h2-10H,11H2,1H3,(H,22,23). The van der Waals surface area contributed by atoms with Crippen molar-refractivity contribution in [3.05, 3.63) is 66.0 Å². The number of aromatic carboxylic acids is 1. The lowest BCUT2D eigenvalue weighted by Crippen LogP contribution is -2.04. The number of carboxylic acid groups (broad SMARTS) is 1. The van der Waals surface area contributed by atoms with Crippen LogP contribution in [0.2, 0.25) is 0 Å². The Labute approximate surface area is 137 Å². The fraction of sp³-hybridized carbons (Fsp3) is 0.111. The van der Waals surface area contributed by atoms with E-state index >= 15 is 0 Å². The minimum absolute atomic E-state index is 0.172. The molecule has 3 aromatic rings. The molecule has 24 heavy (non-hydrogen) atoms. The molecule has 0 aliphatic rings. The Morgan fingerprint density at radius 1 is 1.21 bits per heavy atom. The lowest BCUT2D eigenvalue weighted by atomic mass is 10.0. The monoisotopic (exact) mass is 326 g/mol. The second-order valence-electron chi connectivity index (χ2n) is 5.19. The van der Waals surface area contributed by atoms with Crippen LogP contribution in [-0.2, 0) is 11.5 Å². The van der Waals surface area contributed by atoms with E-state index in [0.29, 0.717) is 17.0 Å². The van der Waals surface area contributed by atoms with E-state index in [2.05, 4.69) is 5.10 Å². The molecule has 122 valence electrons. The molecule has 1 aromatic heterocycles. The fourth-order valence-corrected chi connectivity index (χ4v) is 2.52. The Morgan fingerprint density at radius 3 is 2.58 bits per heavy atom. The summed E-state index contributed by atoms with van der Waals surface area (Å²) in [4.78, 5) is 11.4. The minimum atomic E-state index is -1.02. The van der Waals surface area contributed by atoms with Gasteiger partial charge in [-0.05, 0) is 36.4 Å². The summed E-state index contributed by atoms with van der Waals surface area (Å²) in [7, 11) is 1.54. The molecule has 3 rings (SSSR count). The molecule has 2 aromatic carbocycles. The number of halogens is 1. The second kappa shape index (κ2) is 6.64. The smallest absolute Gasteiger partial charge is 0.336 e. The predicted octanol–water partition coefficient (Wildman–Crippen LogP) is 3.66. The van der Waals surface area contributed by atoms with Gasteiger partial charge in [-0.25, -0.2) is 13.9 Å². The molecule has 0 fully saturated rings. The van der Waals surface area contributed by atoms with Gasteiger partial charge in [-0.1, -0.05) is 18.2 Å². The minimum Gasteiger partial charge on any atom is -0.478 e. The van der Waals surface area contributed by atoms with E-state index in [0.717, 1.165) is 5.56 Å². The van der Waals surface area contributed by atoms with E-state index < -0.39 is 5.97 Å². The predicted molar refractivity (Wildman–Crippen MR) is 87.0 cm³/mol. The summed E-state index contributed by atoms with van der Waals surface area (Å²) in [6.07, 6.45) is 0. The molecule has 0 unspecified atom stereocenters. The number of hydrogen-bond donors (Lipinski definition) is 1. The maximum atomic E-state index is 13.2. The first-order chi connectivity index (χ1) is 11.6. The van der Waals surface area contributed by atoms with Crippen molar-refractivity contribution in [2.75, 3.05) is 7.11 Å². The Kier molecular flexibility index (Phi) is 4.39. The molecule has 0 aliphatic heterocycles. The third kappa shape index (κ3) is 3.04. The number of carboxylic acids is 1. The van der Waals surface area contributed by atoms with Gasteiger partial charge in [0.25, 0.3) is 0 Å². The zero-order valence-corrected chi connectivity index (χ0v) is 12.9. The van der Waals surface area contributed by atoms with Gasteiger partial charge in [-0.3, -0.25) is 0 Å². The highest BCUT2D eigenvalue weighted by Gasteiger charge is 2.16. The zero-order chi connectivity index (χ0) is 17.1. The first-order valence-corrected chi connectivity index (χ1v) is 7.25. The van der Waals surface area contributed by atoms with Gasteiger partial charge in [0.15, 0.2) is 0 Å². The lowest BCUT2D eigenvalue weighted by Gasteiger charge is -2.05. The topological polar surface area (TPSA) is 64.4 Å². The molecule has 6 heteroatoms. The number of rotatable bonds is 5. The summed E-state index contributed by atoms with van der Waals surface area (Å²) in [5.41, 5.74) is 2.69. The largest absolute Gasteiger partial charge is 0.478 e. The van der Waals surface area contributed by atoms with Crippen LogP contribution >= 0.6 is 0 Å². The fourth-order valence-electron chi connectivity index (χ4n) is 2.52. The number of methoxy groups -OCH3 is 1. The molecular weight excluding hydrogens is 311 g/mol. The van der Waals surface area contributed by atoms with Gasteiger partial charge in [-0.2, -0.15) is 5.10 Å². The number of aromatic nitrogens is 2. The van der Waals surface area contributed by atoms with Crippen LogP contribution in [0.3, 0.4) is 0 Å². The van der Waals surface area contributed by atoms with E-state index in [1.165, 1.54) is 18.2 Å². The highest BCUT2D eigenvalue weighted by Crippen LogP contribution is 2.28. The van der Waals surface area contributed by atoms with Crippen LogP contribution in [0.15, 0.2) is 54.6 Å². The highest BCUT2D eigenvalue weighted by molar-refractivity contribution is 5.95. The number of benzene rings is 2. The van der Waals surface area contributed by atoms with Crippen molar-refractivity contribution >= 4 is 5.97 Å². The molecule has 0 bridgehead atoms. The summed E-state index contributed by atoms with van der Waals surface area (Å²) < 4.78 is 19.9. The van der Waals surface area contributed by atoms with Crippen LogP contribution in [-0.4, -0.2) is 28.0 Å². The van der Waals surface area contributed by atoms with E-state index in [9.17, 15) is 14.3 Å². The normalized spacial score (nSPS) is 10.8. The lowest BCUT2D eigenvalue weighted by molar-refractivity contribution is 0.0697. The Balaban J connectivity index is 2.13. The Morgan fingerprint density at radius 2 is 1.92 bits per heavy atom. The third-order valence-electron chi connectivity index (χ3n) is 3.60. The van der Waals surface area contributed by atoms with Crippen molar-refractivity contribution in [2.45, 2.75) is 6.73 Å². The molecule has 0 radical (unpaired) electrons. The molecule has 1 heterocycles. The van der Waals surface area contributed by atoms with Crippen molar-refractivity contribution in [2.24, 2.45) is 0 Å². The molecule has 0 amide bonds. The zero-order valence-electron chi connectivity index (χ0n) is 12.9. The molecule has 0 spiro atoms. The van der Waals surface area contributed by atoms with Crippen LogP contribution < -0.4 is 0 Å². The van der Waals surface area contributed by atoms with Crippen molar-refractivity contribution in [1.29, 1.82) is 0 Å². The summed E-state index contributed by atoms with van der Waals surface area (Å²) in [6, 6.07) is 14.5. The van der Waals surface area contributed by atoms with Gasteiger partial charge in [0, 0.05) is 18.2 Å². The third-order valence-corrected chi connectivity index (χ3v) is 3.60. The quantitative estimate of drug-likeness (QED) is 0.777. The number of carbonyl (C=O) groups is 1. The van der Waals surface area contributed by atoms with Gasteiger partial charge in [0.05, 0.1) is 17.0 Å². The first-order valence-electron chi connectivity index (χ1n) is 7.25. The first kappa shape index (κ1) is 15.9. The molecule has 0 saturated heterocycles. The van der Waals surface area contributed by atoms with E-state index in [1.807, 2.05) is 0 Å². The molecular formula is C18H15FN2O3. The molecule has 1 N–H and O–H groups in total. The van der Waals surface area contributed by atoms with Crippen LogP contribution in [0.5, 0.6) is 0 Å². The van der Waals surface area contributed by atoms with E-state index in [4.69, 9.17) is 4.74 Å². The van der Waals surface area contributed by atoms with Crippen molar-refractivity contribution in [1.82, 2.24) is 9.78 Å². The molecule has 0 saturated carbocycles. The second-order valence-corrected chi connectivity index (χ2v) is 5.19. The molecule has 0 atom stereocenters. The van der Waals surface area contributed by atoms with Crippen molar-refractivity contribution in [3.8, 4) is 22.5 Å². The van der Waals surface area contributed by atoms with Gasteiger partial charge in [0.1, 0.15) is 12.5 Å². The average Bonchev–Trinajstić information content (AvgIpc) is 3.00. The highest BCUT2D eigenvalue weighted by atomic mass is 19.1. The van der Waals surface area contributed by atoms with Crippen molar-refractivity contribution in [3.63, 3.8) is 0 Å². The van der Waals surface area contributed by atoms with Gasteiger partial charge in [-0.15, -0.1) is 0 Å². The summed E-state index contributed by atoms with van der Waals surface area (Å²) >= 11 is 0. The van der Waals surface area contributed by atoms with E-state index in [1.54, 1.807) is 48.2 Å². The van der Waals surface area contributed by atoms with Crippen LogP contribution in [0, 0.1) is 5.82 Å². The van der Waals surface area contributed by atoms with Crippen molar-refractivity contribution < 1.29 is 19.0 Å². The maximum Gasteiger partial charge on any atom is 0.336 e. The summed E-state index contributed by atoms with van der Waals surface area (Å²) in [6.45, 7) is 0.196. The van der Waals surface area contributed by atoms with Crippen LogP contribution in [0.1, 0.15) is 10.4 Å². The van der Waals surface area contributed by atoms with Crippen LogP contribution in [0.25, 0.3) is 22.5 Å². The average molecular weight is 326 g/mol. The number of hydrogen-bond acceptors (Lipinski definition) is 3. The SMILES string of the molecule is COCn1nc(-c2ccccc2C(=O)O)cc1-c1ccc(F)cc1. The van der Waals surface area contributed by atoms with Gasteiger partial charge in [0.2, 0.25) is 0 Å². The summed E-state index contributed by atoms with van der Waals surface area (Å²) in [5, 5.41) is 13.8. The van der Waals surface area contributed by atoms with Gasteiger partial charge < -0.3 is 9.84 Å².